The molecule has 5 heteroatoms. The van der Waals surface area contributed by atoms with E-state index in [1.165, 1.54) is 11.1 Å². The molecule has 0 aliphatic heterocycles. The van der Waals surface area contributed by atoms with E-state index in [1.54, 1.807) is 18.4 Å². The van der Waals surface area contributed by atoms with Gasteiger partial charge in [-0.05, 0) is 24.0 Å². The van der Waals surface area contributed by atoms with Crippen LogP contribution in [-0.2, 0) is 24.2 Å². The van der Waals surface area contributed by atoms with Crippen LogP contribution < -0.4 is 5.32 Å². The van der Waals surface area contributed by atoms with E-state index >= 15 is 0 Å². The number of aryl methyl sites for hydroxylation is 1. The van der Waals surface area contributed by atoms with E-state index in [-0.39, 0.29) is 0 Å². The van der Waals surface area contributed by atoms with Crippen LogP contribution in [0.1, 0.15) is 23.1 Å². The van der Waals surface area contributed by atoms with Gasteiger partial charge in [0.2, 0.25) is 5.13 Å². The Balaban J connectivity index is 1.78. The van der Waals surface area contributed by atoms with Crippen molar-refractivity contribution in [2.24, 2.45) is 0 Å². The zero-order valence-corrected chi connectivity index (χ0v) is 12.2. The van der Waals surface area contributed by atoms with E-state index in [9.17, 15) is 0 Å². The topological polar surface area (TPSA) is 47.0 Å². The molecule has 1 heterocycles. The molecule has 0 atom stereocenters. The maximum atomic E-state index is 5.09. The Bertz CT molecular complexity index is 496. The van der Waals surface area contributed by atoms with E-state index < -0.39 is 0 Å². The van der Waals surface area contributed by atoms with Crippen molar-refractivity contribution in [3.05, 3.63) is 40.4 Å². The van der Waals surface area contributed by atoms with Crippen molar-refractivity contribution in [3.63, 3.8) is 0 Å². The average Bonchev–Trinajstić information content (AvgIpc) is 2.89. The van der Waals surface area contributed by atoms with Crippen LogP contribution in [0.4, 0.5) is 5.13 Å². The van der Waals surface area contributed by atoms with Gasteiger partial charge in [0.05, 0.1) is 6.61 Å². The highest BCUT2D eigenvalue weighted by Gasteiger charge is 2.01. The molecule has 4 nitrogen and oxygen atoms in total. The zero-order chi connectivity index (χ0) is 13.5. The SMILES string of the molecule is CCc1nnc(NCCc2ccc(COC)cc2)s1. The quantitative estimate of drug-likeness (QED) is 0.845. The molecule has 0 aliphatic carbocycles. The van der Waals surface area contributed by atoms with Gasteiger partial charge >= 0.3 is 0 Å². The number of nitrogens with one attached hydrogen (secondary N) is 1. The van der Waals surface area contributed by atoms with Crippen LogP contribution in [0, 0.1) is 0 Å². The molecule has 2 rings (SSSR count). The summed E-state index contributed by atoms with van der Waals surface area (Å²) in [5, 5.41) is 13.5. The average molecular weight is 277 g/mol. The van der Waals surface area contributed by atoms with Crippen molar-refractivity contribution in [1.82, 2.24) is 10.2 Å². The summed E-state index contributed by atoms with van der Waals surface area (Å²) in [6, 6.07) is 8.51. The van der Waals surface area contributed by atoms with Crippen molar-refractivity contribution in [2.45, 2.75) is 26.4 Å². The summed E-state index contributed by atoms with van der Waals surface area (Å²) in [6.07, 6.45) is 1.93. The second-order valence-corrected chi connectivity index (χ2v) is 5.34. The lowest BCUT2D eigenvalue weighted by atomic mass is 10.1. The minimum atomic E-state index is 0.670. The predicted molar refractivity (Wildman–Crippen MR) is 78.6 cm³/mol. The van der Waals surface area contributed by atoms with E-state index in [0.717, 1.165) is 29.5 Å². The van der Waals surface area contributed by atoms with Crippen molar-refractivity contribution in [3.8, 4) is 0 Å². The van der Waals surface area contributed by atoms with Crippen LogP contribution in [-0.4, -0.2) is 23.9 Å². The molecule has 0 amide bonds. The van der Waals surface area contributed by atoms with E-state index in [4.69, 9.17) is 4.74 Å². The third kappa shape index (κ3) is 4.29. The largest absolute Gasteiger partial charge is 0.380 e. The van der Waals surface area contributed by atoms with Gasteiger partial charge in [-0.2, -0.15) is 0 Å². The summed E-state index contributed by atoms with van der Waals surface area (Å²) in [4.78, 5) is 0. The fourth-order valence-electron chi connectivity index (χ4n) is 1.75. The number of hydrogen-bond donors (Lipinski definition) is 1. The molecular formula is C14H19N3OS. The second-order valence-electron chi connectivity index (χ2n) is 4.28. The van der Waals surface area contributed by atoms with E-state index in [1.807, 2.05) is 0 Å². The summed E-state index contributed by atoms with van der Waals surface area (Å²) in [6.45, 7) is 3.64. The van der Waals surface area contributed by atoms with Crippen LogP contribution in [0.3, 0.4) is 0 Å². The van der Waals surface area contributed by atoms with Gasteiger partial charge in [0.1, 0.15) is 5.01 Å². The Hall–Kier alpha value is -1.46. The lowest BCUT2D eigenvalue weighted by molar-refractivity contribution is 0.185. The summed E-state index contributed by atoms with van der Waals surface area (Å²) in [5.41, 5.74) is 2.52. The number of methoxy groups -OCH3 is 1. The molecule has 0 unspecified atom stereocenters. The Morgan fingerprint density at radius 3 is 2.53 bits per heavy atom. The van der Waals surface area contributed by atoms with Crippen molar-refractivity contribution >= 4 is 16.5 Å². The Kier molecular flexibility index (Phi) is 5.30. The van der Waals surface area contributed by atoms with Crippen LogP contribution in [0.5, 0.6) is 0 Å². The van der Waals surface area contributed by atoms with Gasteiger partial charge in [-0.15, -0.1) is 10.2 Å². The maximum Gasteiger partial charge on any atom is 0.205 e. The third-order valence-corrected chi connectivity index (χ3v) is 3.82. The van der Waals surface area contributed by atoms with Gasteiger partial charge in [-0.25, -0.2) is 0 Å². The first-order valence-corrected chi connectivity index (χ1v) is 7.26. The zero-order valence-electron chi connectivity index (χ0n) is 11.3. The lowest BCUT2D eigenvalue weighted by Gasteiger charge is -2.04. The van der Waals surface area contributed by atoms with Gasteiger partial charge < -0.3 is 10.1 Å². The van der Waals surface area contributed by atoms with Crippen LogP contribution in [0.2, 0.25) is 0 Å². The smallest absolute Gasteiger partial charge is 0.205 e. The highest BCUT2D eigenvalue weighted by atomic mass is 32.1. The van der Waals surface area contributed by atoms with Crippen LogP contribution >= 0.6 is 11.3 Å². The van der Waals surface area contributed by atoms with E-state index in [2.05, 4.69) is 46.7 Å². The molecule has 2 aromatic rings. The number of hydrogen-bond acceptors (Lipinski definition) is 5. The minimum absolute atomic E-state index is 0.670. The minimum Gasteiger partial charge on any atom is -0.380 e. The second kappa shape index (κ2) is 7.21. The molecule has 1 aromatic heterocycles. The molecule has 0 aliphatic rings. The molecule has 102 valence electrons. The Morgan fingerprint density at radius 1 is 1.16 bits per heavy atom. The highest BCUT2D eigenvalue weighted by molar-refractivity contribution is 7.15. The molecule has 1 aromatic carbocycles. The van der Waals surface area contributed by atoms with Crippen molar-refractivity contribution < 1.29 is 4.74 Å². The highest BCUT2D eigenvalue weighted by Crippen LogP contribution is 2.15. The molecule has 0 spiro atoms. The summed E-state index contributed by atoms with van der Waals surface area (Å²) in [7, 11) is 1.71. The van der Waals surface area contributed by atoms with Gasteiger partial charge in [0.15, 0.2) is 0 Å². The van der Waals surface area contributed by atoms with E-state index in [0.29, 0.717) is 6.61 Å². The van der Waals surface area contributed by atoms with Gasteiger partial charge in [0.25, 0.3) is 0 Å². The lowest BCUT2D eigenvalue weighted by Crippen LogP contribution is -2.04. The predicted octanol–water partition coefficient (Wildman–Crippen LogP) is 2.90. The molecule has 0 saturated carbocycles. The first-order valence-electron chi connectivity index (χ1n) is 6.45. The van der Waals surface area contributed by atoms with Crippen molar-refractivity contribution in [1.29, 1.82) is 0 Å². The molecule has 0 radical (unpaired) electrons. The van der Waals surface area contributed by atoms with Crippen LogP contribution in [0.25, 0.3) is 0 Å². The number of aromatic nitrogens is 2. The first-order chi connectivity index (χ1) is 9.31. The number of anilines is 1. The summed E-state index contributed by atoms with van der Waals surface area (Å²) < 4.78 is 5.09. The van der Waals surface area contributed by atoms with Gasteiger partial charge in [-0.1, -0.05) is 42.5 Å². The Labute approximate surface area is 117 Å². The third-order valence-electron chi connectivity index (χ3n) is 2.79. The molecule has 0 fully saturated rings. The molecule has 1 N–H and O–H groups in total. The van der Waals surface area contributed by atoms with Gasteiger partial charge in [0, 0.05) is 13.7 Å². The standard InChI is InChI=1S/C14H19N3OS/c1-3-13-16-17-14(19-13)15-9-8-11-4-6-12(7-5-11)10-18-2/h4-7H,3,8-10H2,1-2H3,(H,15,17). The fourth-order valence-corrected chi connectivity index (χ4v) is 2.46. The molecule has 0 bridgehead atoms. The Morgan fingerprint density at radius 2 is 1.89 bits per heavy atom. The monoisotopic (exact) mass is 277 g/mol. The summed E-state index contributed by atoms with van der Waals surface area (Å²) in [5.74, 6) is 0. The van der Waals surface area contributed by atoms with Gasteiger partial charge in [-0.3, -0.25) is 0 Å². The first kappa shape index (κ1) is 14.0. The number of ether oxygens (including phenoxy) is 1. The number of rotatable bonds is 7. The number of benzene rings is 1. The fraction of sp³-hybridized carbons (Fsp3) is 0.429. The maximum absolute atomic E-state index is 5.09. The van der Waals surface area contributed by atoms with Crippen molar-refractivity contribution in [2.75, 3.05) is 19.0 Å². The molecule has 0 saturated heterocycles. The molecular weight excluding hydrogens is 258 g/mol. The van der Waals surface area contributed by atoms with Crippen LogP contribution in [0.15, 0.2) is 24.3 Å². The number of nitrogens with zero attached hydrogens (tertiary/aromatic N) is 2. The molecule has 19 heavy (non-hydrogen) atoms. The summed E-state index contributed by atoms with van der Waals surface area (Å²) >= 11 is 1.63. The normalized spacial score (nSPS) is 10.6.